The van der Waals surface area contributed by atoms with Crippen LogP contribution in [0.1, 0.15) is 34.9 Å². The fourth-order valence-corrected chi connectivity index (χ4v) is 3.57. The van der Waals surface area contributed by atoms with Crippen LogP contribution in [0.2, 0.25) is 0 Å². The first-order chi connectivity index (χ1) is 9.29. The van der Waals surface area contributed by atoms with Gasteiger partial charge in [0.15, 0.2) is 0 Å². The Morgan fingerprint density at radius 3 is 2.95 bits per heavy atom. The second-order valence-corrected chi connectivity index (χ2v) is 6.27. The molecule has 0 N–H and O–H groups in total. The molecule has 0 bridgehead atoms. The van der Waals surface area contributed by atoms with E-state index in [2.05, 4.69) is 15.1 Å². The number of hydrogen-bond acceptors (Lipinski definition) is 4. The Balaban J connectivity index is 1.58. The lowest BCUT2D eigenvalue weighted by atomic mass is 10.0. The average Bonchev–Trinajstić information content (AvgIpc) is 3.16. The minimum atomic E-state index is -0.140. The second-order valence-electron chi connectivity index (χ2n) is 5.28. The van der Waals surface area contributed by atoms with Crippen molar-refractivity contribution in [1.82, 2.24) is 10.2 Å². The molecule has 0 saturated heterocycles. The second kappa shape index (κ2) is 4.27. The molecule has 0 amide bonds. The molecule has 5 heteroatoms. The number of benzene rings is 1. The molecule has 1 saturated carbocycles. The lowest BCUT2D eigenvalue weighted by Crippen LogP contribution is -2.30. The van der Waals surface area contributed by atoms with E-state index in [1.165, 1.54) is 29.5 Å². The van der Waals surface area contributed by atoms with Gasteiger partial charge in [0.2, 0.25) is 5.13 Å². The van der Waals surface area contributed by atoms with Crippen LogP contribution in [0.5, 0.6) is 0 Å². The SMILES string of the molecule is Fc1ccc2c(c1)CCN(c1nnc(C3CC3)s1)C2. The zero-order valence-corrected chi connectivity index (χ0v) is 11.3. The number of fused-ring (bicyclic) bond motifs is 1. The minimum absolute atomic E-state index is 0.140. The fraction of sp³-hybridized carbons (Fsp3) is 0.429. The summed E-state index contributed by atoms with van der Waals surface area (Å²) in [6, 6.07) is 5.08. The van der Waals surface area contributed by atoms with Crippen molar-refractivity contribution in [2.24, 2.45) is 0 Å². The Labute approximate surface area is 115 Å². The number of rotatable bonds is 2. The van der Waals surface area contributed by atoms with Crippen LogP contribution in [0.15, 0.2) is 18.2 Å². The highest BCUT2D eigenvalue weighted by atomic mass is 32.1. The van der Waals surface area contributed by atoms with E-state index in [0.717, 1.165) is 30.2 Å². The van der Waals surface area contributed by atoms with Gasteiger partial charge in [-0.25, -0.2) is 4.39 Å². The Bertz CT molecular complexity index is 621. The van der Waals surface area contributed by atoms with Crippen LogP contribution in [0.3, 0.4) is 0 Å². The lowest BCUT2D eigenvalue weighted by molar-refractivity contribution is 0.619. The smallest absolute Gasteiger partial charge is 0.208 e. The van der Waals surface area contributed by atoms with E-state index >= 15 is 0 Å². The summed E-state index contributed by atoms with van der Waals surface area (Å²) in [7, 11) is 0. The normalized spacial score (nSPS) is 18.5. The molecule has 2 heterocycles. The standard InChI is InChI=1S/C14H14FN3S/c15-12-4-3-11-8-18(6-5-10(11)7-12)14-17-16-13(19-14)9-1-2-9/h3-4,7,9H,1-2,5-6,8H2. The van der Waals surface area contributed by atoms with Gasteiger partial charge in [-0.1, -0.05) is 17.4 Å². The quantitative estimate of drug-likeness (QED) is 0.843. The van der Waals surface area contributed by atoms with Crippen LogP contribution in [-0.4, -0.2) is 16.7 Å². The molecule has 4 rings (SSSR count). The van der Waals surface area contributed by atoms with E-state index in [4.69, 9.17) is 0 Å². The molecule has 1 aromatic heterocycles. The van der Waals surface area contributed by atoms with Gasteiger partial charge in [-0.15, -0.1) is 10.2 Å². The molecule has 0 atom stereocenters. The number of halogens is 1. The van der Waals surface area contributed by atoms with Gasteiger partial charge in [-0.05, 0) is 42.5 Å². The van der Waals surface area contributed by atoms with Crippen LogP contribution in [0, 0.1) is 5.82 Å². The number of nitrogens with zero attached hydrogens (tertiary/aromatic N) is 3. The van der Waals surface area contributed by atoms with Gasteiger partial charge in [0.1, 0.15) is 10.8 Å². The van der Waals surface area contributed by atoms with E-state index in [0.29, 0.717) is 5.92 Å². The highest BCUT2D eigenvalue weighted by molar-refractivity contribution is 7.15. The van der Waals surface area contributed by atoms with Crippen molar-refractivity contribution in [3.05, 3.63) is 40.2 Å². The van der Waals surface area contributed by atoms with E-state index < -0.39 is 0 Å². The number of hydrogen-bond donors (Lipinski definition) is 0. The van der Waals surface area contributed by atoms with Gasteiger partial charge in [-0.3, -0.25) is 0 Å². The molecule has 0 unspecified atom stereocenters. The summed E-state index contributed by atoms with van der Waals surface area (Å²) in [5.74, 6) is 0.525. The monoisotopic (exact) mass is 275 g/mol. The molecule has 1 aliphatic heterocycles. The third kappa shape index (κ3) is 2.12. The predicted octanol–water partition coefficient (Wildman–Crippen LogP) is 3.12. The summed E-state index contributed by atoms with van der Waals surface area (Å²) >= 11 is 1.72. The first kappa shape index (κ1) is 11.3. The molecular weight excluding hydrogens is 261 g/mol. The Morgan fingerprint density at radius 2 is 2.11 bits per heavy atom. The molecule has 0 spiro atoms. The maximum atomic E-state index is 13.2. The molecule has 2 aliphatic rings. The first-order valence-corrected chi connectivity index (χ1v) is 7.47. The molecule has 0 radical (unpaired) electrons. The third-order valence-corrected chi connectivity index (χ3v) is 4.95. The highest BCUT2D eigenvalue weighted by Crippen LogP contribution is 2.43. The number of aromatic nitrogens is 2. The summed E-state index contributed by atoms with van der Waals surface area (Å²) in [6.07, 6.45) is 3.40. The van der Waals surface area contributed by atoms with Crippen molar-refractivity contribution >= 4 is 16.5 Å². The lowest BCUT2D eigenvalue weighted by Gasteiger charge is -2.28. The van der Waals surface area contributed by atoms with E-state index in [-0.39, 0.29) is 5.82 Å². The predicted molar refractivity (Wildman–Crippen MR) is 73.0 cm³/mol. The van der Waals surface area contributed by atoms with Gasteiger partial charge in [0.25, 0.3) is 0 Å². The number of anilines is 1. The summed E-state index contributed by atoms with van der Waals surface area (Å²) in [5, 5.41) is 10.8. The summed E-state index contributed by atoms with van der Waals surface area (Å²) in [4.78, 5) is 2.25. The largest absolute Gasteiger partial charge is 0.342 e. The zero-order chi connectivity index (χ0) is 12.8. The van der Waals surface area contributed by atoms with Gasteiger partial charge in [-0.2, -0.15) is 0 Å². The van der Waals surface area contributed by atoms with Gasteiger partial charge < -0.3 is 4.90 Å². The third-order valence-electron chi connectivity index (χ3n) is 3.81. The van der Waals surface area contributed by atoms with Crippen molar-refractivity contribution < 1.29 is 4.39 Å². The van der Waals surface area contributed by atoms with Crippen LogP contribution in [0.25, 0.3) is 0 Å². The van der Waals surface area contributed by atoms with Gasteiger partial charge in [0, 0.05) is 19.0 Å². The maximum absolute atomic E-state index is 13.2. The van der Waals surface area contributed by atoms with Crippen molar-refractivity contribution in [3.63, 3.8) is 0 Å². The molecule has 19 heavy (non-hydrogen) atoms. The topological polar surface area (TPSA) is 29.0 Å². The van der Waals surface area contributed by atoms with Crippen molar-refractivity contribution in [3.8, 4) is 0 Å². The summed E-state index contributed by atoms with van der Waals surface area (Å²) in [6.45, 7) is 1.71. The molecule has 2 aromatic rings. The molecule has 1 aliphatic carbocycles. The van der Waals surface area contributed by atoms with E-state index in [1.54, 1.807) is 17.4 Å². The fourth-order valence-electron chi connectivity index (χ4n) is 2.53. The van der Waals surface area contributed by atoms with Crippen LogP contribution < -0.4 is 4.90 Å². The average molecular weight is 275 g/mol. The molecule has 98 valence electrons. The van der Waals surface area contributed by atoms with Gasteiger partial charge in [0.05, 0.1) is 0 Å². The van der Waals surface area contributed by atoms with Crippen LogP contribution in [0.4, 0.5) is 9.52 Å². The van der Waals surface area contributed by atoms with Crippen molar-refractivity contribution in [2.45, 2.75) is 31.7 Å². The van der Waals surface area contributed by atoms with E-state index in [9.17, 15) is 4.39 Å². The molecule has 1 fully saturated rings. The Morgan fingerprint density at radius 1 is 1.21 bits per heavy atom. The molecular formula is C14H14FN3S. The minimum Gasteiger partial charge on any atom is -0.342 e. The summed E-state index contributed by atoms with van der Waals surface area (Å²) < 4.78 is 13.2. The molecule has 3 nitrogen and oxygen atoms in total. The summed E-state index contributed by atoms with van der Waals surface area (Å²) in [5.41, 5.74) is 2.33. The first-order valence-electron chi connectivity index (χ1n) is 6.65. The van der Waals surface area contributed by atoms with Crippen LogP contribution in [-0.2, 0) is 13.0 Å². The molecule has 1 aromatic carbocycles. The van der Waals surface area contributed by atoms with Crippen molar-refractivity contribution in [1.29, 1.82) is 0 Å². The van der Waals surface area contributed by atoms with Crippen LogP contribution >= 0.6 is 11.3 Å². The Hall–Kier alpha value is -1.49. The van der Waals surface area contributed by atoms with E-state index in [1.807, 2.05) is 6.07 Å². The highest BCUT2D eigenvalue weighted by Gasteiger charge is 2.29. The maximum Gasteiger partial charge on any atom is 0.208 e. The van der Waals surface area contributed by atoms with Gasteiger partial charge >= 0.3 is 0 Å². The zero-order valence-electron chi connectivity index (χ0n) is 10.5. The Kier molecular flexibility index (Phi) is 2.55. The van der Waals surface area contributed by atoms with Crippen molar-refractivity contribution in [2.75, 3.05) is 11.4 Å².